The predicted molar refractivity (Wildman–Crippen MR) is 149 cm³/mol. The molecule has 0 bridgehead atoms. The summed E-state index contributed by atoms with van der Waals surface area (Å²) in [5, 5.41) is 1.30. The van der Waals surface area contributed by atoms with E-state index < -0.39 is 15.4 Å². The number of nitrogens with zero attached hydrogens (tertiary/aromatic N) is 3. The Kier molecular flexibility index (Phi) is 8.57. The molecule has 0 aliphatic carbocycles. The van der Waals surface area contributed by atoms with E-state index in [2.05, 4.69) is 73.6 Å². The van der Waals surface area contributed by atoms with Crippen molar-refractivity contribution in [2.45, 2.75) is 77.3 Å². The van der Waals surface area contributed by atoms with Gasteiger partial charge in [0, 0.05) is 44.7 Å². The summed E-state index contributed by atoms with van der Waals surface area (Å²) >= 11 is 0. The molecule has 2 aliphatic heterocycles. The zero-order chi connectivity index (χ0) is 26.0. The first kappa shape index (κ1) is 27.3. The van der Waals surface area contributed by atoms with Gasteiger partial charge in [0.1, 0.15) is 5.37 Å². The maximum absolute atomic E-state index is 13.2. The zero-order valence-corrected chi connectivity index (χ0v) is 23.7. The fourth-order valence-corrected chi connectivity index (χ4v) is 7.93. The molecule has 2 heterocycles. The molecule has 6 nitrogen and oxygen atoms in total. The van der Waals surface area contributed by atoms with Gasteiger partial charge in [0.25, 0.3) is 0 Å². The van der Waals surface area contributed by atoms with Gasteiger partial charge in [-0.05, 0) is 81.3 Å². The minimum atomic E-state index is -3.33. The summed E-state index contributed by atoms with van der Waals surface area (Å²) in [5.41, 5.74) is 9.91. The Morgan fingerprint density at radius 2 is 1.78 bits per heavy atom. The van der Waals surface area contributed by atoms with Crippen molar-refractivity contribution in [2.24, 2.45) is 0 Å². The van der Waals surface area contributed by atoms with Gasteiger partial charge in [-0.25, -0.2) is 17.7 Å². The molecule has 0 radical (unpaired) electrons. The molecule has 4 atom stereocenters. The summed E-state index contributed by atoms with van der Waals surface area (Å²) in [4.78, 5) is 2.53. The second kappa shape index (κ2) is 11.3. The highest BCUT2D eigenvalue weighted by Gasteiger charge is 2.40. The first-order valence-corrected chi connectivity index (χ1v) is 15.0. The lowest BCUT2D eigenvalue weighted by Crippen LogP contribution is -2.53. The molecule has 7 heteroatoms. The van der Waals surface area contributed by atoms with Crippen LogP contribution in [0.5, 0.6) is 0 Å². The van der Waals surface area contributed by atoms with Gasteiger partial charge in [0.05, 0.1) is 0 Å². The molecule has 0 aromatic heterocycles. The van der Waals surface area contributed by atoms with Crippen LogP contribution in [-0.2, 0) is 10.0 Å². The second-order valence-electron chi connectivity index (χ2n) is 10.8. The van der Waals surface area contributed by atoms with E-state index in [4.69, 9.17) is 0 Å². The van der Waals surface area contributed by atoms with Crippen LogP contribution in [0.1, 0.15) is 62.6 Å². The molecular weight excluding hydrogens is 468 g/mol. The first-order valence-electron chi connectivity index (χ1n) is 13.5. The molecule has 2 aliphatic rings. The molecule has 36 heavy (non-hydrogen) atoms. The van der Waals surface area contributed by atoms with Gasteiger partial charge in [0.2, 0.25) is 10.0 Å². The van der Waals surface area contributed by atoms with E-state index in [1.54, 1.807) is 9.31 Å². The lowest BCUT2D eigenvalue weighted by Gasteiger charge is -2.47. The lowest BCUT2D eigenvalue weighted by atomic mass is 9.82. The van der Waals surface area contributed by atoms with Crippen LogP contribution in [0.25, 0.3) is 11.1 Å². The number of sulfonamides is 1. The third-order valence-electron chi connectivity index (χ3n) is 8.41. The van der Waals surface area contributed by atoms with Gasteiger partial charge in [0.15, 0.2) is 0 Å². The maximum atomic E-state index is 13.2. The van der Waals surface area contributed by atoms with Crippen LogP contribution < -0.4 is 5.43 Å². The van der Waals surface area contributed by atoms with Crippen molar-refractivity contribution >= 4 is 10.0 Å². The molecule has 4 rings (SSSR count). The van der Waals surface area contributed by atoms with Gasteiger partial charge in [-0.1, -0.05) is 49.4 Å². The number of benzene rings is 2. The van der Waals surface area contributed by atoms with Gasteiger partial charge < -0.3 is 0 Å². The second-order valence-corrected chi connectivity index (χ2v) is 12.9. The van der Waals surface area contributed by atoms with Crippen molar-refractivity contribution in [1.82, 2.24) is 19.6 Å². The number of hydrogen-bond acceptors (Lipinski definition) is 5. The highest BCUT2D eigenvalue weighted by Crippen LogP contribution is 2.35. The Bertz CT molecular complexity index is 1130. The van der Waals surface area contributed by atoms with Crippen LogP contribution in [0.2, 0.25) is 0 Å². The van der Waals surface area contributed by atoms with E-state index in [0.29, 0.717) is 31.5 Å². The Balaban J connectivity index is 1.25. The summed E-state index contributed by atoms with van der Waals surface area (Å²) in [6.07, 6.45) is 2.54. The largest absolute Gasteiger partial charge is 0.299 e. The fourth-order valence-electron chi connectivity index (χ4n) is 5.85. The summed E-state index contributed by atoms with van der Waals surface area (Å²) in [7, 11) is -1.49. The van der Waals surface area contributed by atoms with Crippen LogP contribution in [-0.4, -0.2) is 73.3 Å². The van der Waals surface area contributed by atoms with E-state index in [-0.39, 0.29) is 6.04 Å². The van der Waals surface area contributed by atoms with Crippen molar-refractivity contribution in [3.63, 3.8) is 0 Å². The predicted octanol–water partition coefficient (Wildman–Crippen LogP) is 4.74. The average Bonchev–Trinajstić information content (AvgIpc) is 3.20. The number of unbranched alkanes of at least 4 members (excludes halogenated alkanes) is 1. The normalized spacial score (nSPS) is 25.4. The van der Waals surface area contributed by atoms with E-state index in [9.17, 15) is 8.42 Å². The van der Waals surface area contributed by atoms with Gasteiger partial charge in [-0.2, -0.15) is 0 Å². The molecule has 2 aromatic carbocycles. The fraction of sp³-hybridized carbons (Fsp3) is 0.586. The molecule has 4 unspecified atom stereocenters. The van der Waals surface area contributed by atoms with Crippen LogP contribution in [0.3, 0.4) is 0 Å². The number of hydrazine groups is 1. The maximum Gasteiger partial charge on any atom is 0.231 e. The Labute approximate surface area is 218 Å². The summed E-state index contributed by atoms with van der Waals surface area (Å²) in [6, 6.07) is 16.4. The molecule has 0 spiro atoms. The average molecular weight is 513 g/mol. The molecule has 2 aromatic rings. The number of aryl methyl sites for hydroxylation is 1. The highest BCUT2D eigenvalue weighted by atomic mass is 32.2. The van der Waals surface area contributed by atoms with Crippen molar-refractivity contribution in [3.05, 3.63) is 59.2 Å². The van der Waals surface area contributed by atoms with Gasteiger partial charge >= 0.3 is 0 Å². The van der Waals surface area contributed by atoms with E-state index in [0.717, 1.165) is 25.9 Å². The Hall–Kier alpha value is -1.77. The van der Waals surface area contributed by atoms with Crippen LogP contribution in [0.15, 0.2) is 42.5 Å². The van der Waals surface area contributed by atoms with Crippen molar-refractivity contribution in [1.29, 1.82) is 0 Å². The number of hydrogen-bond donors (Lipinski definition) is 1. The van der Waals surface area contributed by atoms with E-state index in [1.165, 1.54) is 27.8 Å². The van der Waals surface area contributed by atoms with E-state index in [1.807, 2.05) is 20.9 Å². The number of nitrogens with one attached hydrogen (secondary N) is 1. The Morgan fingerprint density at radius 1 is 1.06 bits per heavy atom. The summed E-state index contributed by atoms with van der Waals surface area (Å²) in [5.74, 6) is 0.567. The molecule has 0 amide bonds. The third-order valence-corrected chi connectivity index (χ3v) is 10.8. The number of likely N-dealkylation sites (tertiary alicyclic amines) is 1. The molecule has 2 fully saturated rings. The monoisotopic (exact) mass is 512 g/mol. The van der Waals surface area contributed by atoms with Gasteiger partial charge in [-0.15, -0.1) is 0 Å². The topological polar surface area (TPSA) is 55.9 Å². The Morgan fingerprint density at radius 3 is 2.39 bits per heavy atom. The van der Waals surface area contributed by atoms with Crippen LogP contribution >= 0.6 is 0 Å². The summed E-state index contributed by atoms with van der Waals surface area (Å²) < 4.78 is 28.0. The third kappa shape index (κ3) is 5.55. The summed E-state index contributed by atoms with van der Waals surface area (Å²) in [6.45, 7) is 13.9. The molecule has 0 saturated carbocycles. The quantitative estimate of drug-likeness (QED) is 0.466. The standard InChI is InChI=1S/C29H44N4O2S/c1-7-33(36(34,35)29-19-22(3)30-31(29)6)18-9-8-17-32-20-28(24(32)5)26-15-13-25(14-16-26)27-12-10-11-21(2)23(27)4/h10-16,22,24,28-30H,7-9,17-20H2,1-6H3. The molecule has 2 saturated heterocycles. The number of rotatable bonds is 10. The minimum absolute atomic E-state index is 0.192. The first-order chi connectivity index (χ1) is 17.1. The SMILES string of the molecule is CCN(CCCCN1CC(c2ccc(-c3cccc(C)c3C)cc2)C1C)S(=O)(=O)C1CC(C)NN1C. The molecular formula is C29H44N4O2S. The van der Waals surface area contributed by atoms with Crippen molar-refractivity contribution in [3.8, 4) is 11.1 Å². The molecule has 198 valence electrons. The molecule has 1 N–H and O–H groups in total. The lowest BCUT2D eigenvalue weighted by molar-refractivity contribution is 0.0705. The van der Waals surface area contributed by atoms with Crippen molar-refractivity contribution < 1.29 is 8.42 Å². The smallest absolute Gasteiger partial charge is 0.231 e. The minimum Gasteiger partial charge on any atom is -0.299 e. The van der Waals surface area contributed by atoms with Crippen molar-refractivity contribution in [2.75, 3.05) is 33.2 Å². The van der Waals surface area contributed by atoms with Gasteiger partial charge in [-0.3, -0.25) is 10.3 Å². The van der Waals surface area contributed by atoms with Crippen LogP contribution in [0, 0.1) is 13.8 Å². The highest BCUT2D eigenvalue weighted by molar-refractivity contribution is 7.89. The van der Waals surface area contributed by atoms with Crippen LogP contribution in [0.4, 0.5) is 0 Å². The zero-order valence-electron chi connectivity index (χ0n) is 22.9. The van der Waals surface area contributed by atoms with E-state index >= 15 is 0 Å².